The molecule has 0 bridgehead atoms. The third-order valence-corrected chi connectivity index (χ3v) is 3.93. The van der Waals surface area contributed by atoms with Crippen LogP contribution in [0.25, 0.3) is 0 Å². The van der Waals surface area contributed by atoms with E-state index in [0.717, 1.165) is 30.0 Å². The zero-order chi connectivity index (χ0) is 12.3. The van der Waals surface area contributed by atoms with Crippen LogP contribution in [-0.4, -0.2) is 4.98 Å². The summed E-state index contributed by atoms with van der Waals surface area (Å²) in [7, 11) is 0. The maximum Gasteiger partial charge on any atom is 0.149 e. The smallest absolute Gasteiger partial charge is 0.149 e. The fourth-order valence-electron chi connectivity index (χ4n) is 1.59. The summed E-state index contributed by atoms with van der Waals surface area (Å²) in [6.45, 7) is 4.94. The van der Waals surface area contributed by atoms with Gasteiger partial charge in [0, 0.05) is 16.0 Å². The number of nitrogens with zero attached hydrogens (tertiary/aromatic N) is 1. The molecule has 90 valence electrons. The highest BCUT2D eigenvalue weighted by Gasteiger charge is 2.03. The van der Waals surface area contributed by atoms with Crippen LogP contribution in [-0.2, 0) is 13.0 Å². The second-order valence-electron chi connectivity index (χ2n) is 3.97. The normalized spacial score (nSPS) is 10.5. The molecule has 17 heavy (non-hydrogen) atoms. The number of anilines is 2. The molecule has 4 heteroatoms. The Bertz CT molecular complexity index is 505. The Kier molecular flexibility index (Phi) is 3.64. The van der Waals surface area contributed by atoms with E-state index >= 15 is 0 Å². The van der Waals surface area contributed by atoms with Crippen molar-refractivity contribution in [3.8, 4) is 0 Å². The SMILES string of the molecule is CCc1ccc(CNc2nccc(C)c2N)s1. The van der Waals surface area contributed by atoms with Crippen LogP contribution < -0.4 is 11.1 Å². The van der Waals surface area contributed by atoms with E-state index in [0.29, 0.717) is 0 Å². The molecule has 2 rings (SSSR count). The average molecular weight is 247 g/mol. The van der Waals surface area contributed by atoms with E-state index in [1.54, 1.807) is 6.20 Å². The van der Waals surface area contributed by atoms with Crippen LogP contribution in [0, 0.1) is 6.92 Å². The van der Waals surface area contributed by atoms with Gasteiger partial charge in [-0.25, -0.2) is 4.98 Å². The molecule has 2 aromatic heterocycles. The predicted molar refractivity (Wildman–Crippen MR) is 74.4 cm³/mol. The maximum atomic E-state index is 5.96. The van der Waals surface area contributed by atoms with E-state index in [4.69, 9.17) is 5.73 Å². The minimum Gasteiger partial charge on any atom is -0.396 e. The van der Waals surface area contributed by atoms with Crippen molar-refractivity contribution in [3.63, 3.8) is 0 Å². The minimum absolute atomic E-state index is 0.736. The Labute approximate surface area is 106 Å². The van der Waals surface area contributed by atoms with Crippen LogP contribution in [0.4, 0.5) is 11.5 Å². The highest BCUT2D eigenvalue weighted by atomic mass is 32.1. The number of hydrogen-bond acceptors (Lipinski definition) is 4. The standard InChI is InChI=1S/C13H17N3S/c1-3-10-4-5-11(17-10)8-16-13-12(14)9(2)6-7-15-13/h4-7H,3,8,14H2,1-2H3,(H,15,16). The number of rotatable bonds is 4. The quantitative estimate of drug-likeness (QED) is 0.872. The zero-order valence-electron chi connectivity index (χ0n) is 10.2. The molecule has 0 aromatic carbocycles. The molecule has 2 aromatic rings. The van der Waals surface area contributed by atoms with Gasteiger partial charge in [0.1, 0.15) is 5.82 Å². The van der Waals surface area contributed by atoms with Crippen molar-refractivity contribution < 1.29 is 0 Å². The number of aromatic nitrogens is 1. The Morgan fingerprint density at radius 2 is 2.06 bits per heavy atom. The Morgan fingerprint density at radius 3 is 2.76 bits per heavy atom. The molecular weight excluding hydrogens is 230 g/mol. The number of aryl methyl sites for hydroxylation is 2. The second-order valence-corrected chi connectivity index (χ2v) is 5.22. The summed E-state index contributed by atoms with van der Waals surface area (Å²) in [4.78, 5) is 6.97. The molecule has 2 heterocycles. The Balaban J connectivity index is 2.04. The third kappa shape index (κ3) is 2.77. The fourth-order valence-corrected chi connectivity index (χ4v) is 2.49. The van der Waals surface area contributed by atoms with Gasteiger partial charge in [0.15, 0.2) is 0 Å². The molecule has 0 radical (unpaired) electrons. The van der Waals surface area contributed by atoms with Gasteiger partial charge >= 0.3 is 0 Å². The lowest BCUT2D eigenvalue weighted by Gasteiger charge is -2.08. The molecule has 3 nitrogen and oxygen atoms in total. The lowest BCUT2D eigenvalue weighted by atomic mass is 10.2. The number of nitrogens with one attached hydrogen (secondary N) is 1. The molecule has 0 spiro atoms. The molecule has 0 saturated carbocycles. The number of nitrogen functional groups attached to an aromatic ring is 1. The lowest BCUT2D eigenvalue weighted by molar-refractivity contribution is 1.14. The summed E-state index contributed by atoms with van der Waals surface area (Å²) in [5.74, 6) is 0.774. The van der Waals surface area contributed by atoms with E-state index < -0.39 is 0 Å². The highest BCUT2D eigenvalue weighted by molar-refractivity contribution is 7.12. The van der Waals surface area contributed by atoms with Crippen LogP contribution >= 0.6 is 11.3 Å². The van der Waals surface area contributed by atoms with E-state index in [9.17, 15) is 0 Å². The van der Waals surface area contributed by atoms with Crippen LogP contribution in [0.3, 0.4) is 0 Å². The molecule has 0 fully saturated rings. The molecule has 0 unspecified atom stereocenters. The van der Waals surface area contributed by atoms with Crippen molar-refractivity contribution >= 4 is 22.8 Å². The summed E-state index contributed by atoms with van der Waals surface area (Å²) in [5, 5.41) is 3.28. The van der Waals surface area contributed by atoms with Crippen molar-refractivity contribution in [3.05, 3.63) is 39.7 Å². The minimum atomic E-state index is 0.736. The molecule has 0 aliphatic carbocycles. The molecule has 0 atom stereocenters. The first-order chi connectivity index (χ1) is 8.20. The highest BCUT2D eigenvalue weighted by Crippen LogP contribution is 2.22. The van der Waals surface area contributed by atoms with Gasteiger partial charge in [-0.15, -0.1) is 11.3 Å². The van der Waals surface area contributed by atoms with Gasteiger partial charge in [-0.1, -0.05) is 6.92 Å². The van der Waals surface area contributed by atoms with Crippen molar-refractivity contribution in [1.29, 1.82) is 0 Å². The van der Waals surface area contributed by atoms with Crippen molar-refractivity contribution in [2.45, 2.75) is 26.8 Å². The van der Waals surface area contributed by atoms with Crippen molar-refractivity contribution in [2.24, 2.45) is 0 Å². The van der Waals surface area contributed by atoms with Gasteiger partial charge in [0.2, 0.25) is 0 Å². The van der Waals surface area contributed by atoms with Crippen LogP contribution in [0.5, 0.6) is 0 Å². The molecule has 0 saturated heterocycles. The third-order valence-electron chi connectivity index (χ3n) is 2.70. The van der Waals surface area contributed by atoms with E-state index in [1.807, 2.05) is 24.3 Å². The Morgan fingerprint density at radius 1 is 1.29 bits per heavy atom. The van der Waals surface area contributed by atoms with Crippen LogP contribution in [0.15, 0.2) is 24.4 Å². The maximum absolute atomic E-state index is 5.96. The van der Waals surface area contributed by atoms with Crippen LogP contribution in [0.2, 0.25) is 0 Å². The fraction of sp³-hybridized carbons (Fsp3) is 0.308. The average Bonchev–Trinajstić information content (AvgIpc) is 2.79. The molecule has 0 aliphatic rings. The first-order valence-corrected chi connectivity index (χ1v) is 6.55. The van der Waals surface area contributed by atoms with Gasteiger partial charge in [-0.2, -0.15) is 0 Å². The van der Waals surface area contributed by atoms with Gasteiger partial charge in [-0.3, -0.25) is 0 Å². The largest absolute Gasteiger partial charge is 0.396 e. The van der Waals surface area contributed by atoms with E-state index in [1.165, 1.54) is 9.75 Å². The van der Waals surface area contributed by atoms with Gasteiger partial charge < -0.3 is 11.1 Å². The summed E-state index contributed by atoms with van der Waals surface area (Å²) >= 11 is 1.83. The number of pyridine rings is 1. The second kappa shape index (κ2) is 5.19. The van der Waals surface area contributed by atoms with Crippen molar-refractivity contribution in [2.75, 3.05) is 11.1 Å². The number of hydrogen-bond donors (Lipinski definition) is 2. The molecule has 0 aliphatic heterocycles. The summed E-state index contributed by atoms with van der Waals surface area (Å²) in [6.07, 6.45) is 2.87. The predicted octanol–water partition coefficient (Wildman–Crippen LogP) is 3.21. The van der Waals surface area contributed by atoms with Gasteiger partial charge in [0.05, 0.1) is 12.2 Å². The zero-order valence-corrected chi connectivity index (χ0v) is 11.0. The summed E-state index contributed by atoms with van der Waals surface area (Å²) in [5.41, 5.74) is 7.75. The van der Waals surface area contributed by atoms with Crippen LogP contribution in [0.1, 0.15) is 22.2 Å². The molecule has 3 N–H and O–H groups in total. The molecule has 0 amide bonds. The van der Waals surface area contributed by atoms with Gasteiger partial charge in [-0.05, 0) is 37.1 Å². The Hall–Kier alpha value is -1.55. The van der Waals surface area contributed by atoms with E-state index in [-0.39, 0.29) is 0 Å². The lowest BCUT2D eigenvalue weighted by Crippen LogP contribution is -2.04. The monoisotopic (exact) mass is 247 g/mol. The number of nitrogens with two attached hydrogens (primary N) is 1. The summed E-state index contributed by atoms with van der Waals surface area (Å²) < 4.78 is 0. The van der Waals surface area contributed by atoms with Gasteiger partial charge in [0.25, 0.3) is 0 Å². The first-order valence-electron chi connectivity index (χ1n) is 5.73. The number of thiophene rings is 1. The first kappa shape index (κ1) is 11.9. The topological polar surface area (TPSA) is 50.9 Å². The van der Waals surface area contributed by atoms with E-state index in [2.05, 4.69) is 29.4 Å². The molecular formula is C13H17N3S. The summed E-state index contributed by atoms with van der Waals surface area (Å²) in [6, 6.07) is 6.25. The van der Waals surface area contributed by atoms with Crippen molar-refractivity contribution in [1.82, 2.24) is 4.98 Å².